The van der Waals surface area contributed by atoms with Crippen LogP contribution in [0, 0.1) is 0 Å². The molecule has 0 aromatic heterocycles. The normalized spacial score (nSPS) is 14.0. The standard InChI is InChI=1S/C25H23ClN2O3S/c1-2-13-28-32(30,31)22-11-9-17(10-12-22)18-5-3-7-20(14-18)24-23(16-27-25(24)29)19-6-4-8-21(26)15-19/h3-12,14-15,28H,2,13,16H2,1H3,(H,27,29). The molecule has 0 spiro atoms. The summed E-state index contributed by atoms with van der Waals surface area (Å²) < 4.78 is 27.2. The van der Waals surface area contributed by atoms with E-state index in [2.05, 4.69) is 10.0 Å². The fraction of sp³-hybridized carbons (Fsp3) is 0.160. The molecular formula is C25H23ClN2O3S. The lowest BCUT2D eigenvalue weighted by molar-refractivity contribution is -0.114. The van der Waals surface area contributed by atoms with Crippen LogP contribution in [-0.2, 0) is 14.8 Å². The maximum absolute atomic E-state index is 12.7. The van der Waals surface area contributed by atoms with Crippen LogP contribution in [0.2, 0.25) is 5.02 Å². The minimum Gasteiger partial charge on any atom is -0.348 e. The van der Waals surface area contributed by atoms with Crippen LogP contribution in [0.5, 0.6) is 0 Å². The summed E-state index contributed by atoms with van der Waals surface area (Å²) in [7, 11) is -3.51. The van der Waals surface area contributed by atoms with Gasteiger partial charge < -0.3 is 5.32 Å². The van der Waals surface area contributed by atoms with Gasteiger partial charge in [-0.1, -0.05) is 61.0 Å². The van der Waals surface area contributed by atoms with Crippen LogP contribution in [0.25, 0.3) is 22.3 Å². The zero-order chi connectivity index (χ0) is 22.7. The van der Waals surface area contributed by atoms with E-state index in [-0.39, 0.29) is 10.8 Å². The number of hydrogen-bond donors (Lipinski definition) is 2. The first-order chi connectivity index (χ1) is 15.4. The molecule has 4 rings (SSSR count). The van der Waals surface area contributed by atoms with Crippen molar-refractivity contribution in [3.05, 3.63) is 88.9 Å². The van der Waals surface area contributed by atoms with Gasteiger partial charge in [0.15, 0.2) is 0 Å². The van der Waals surface area contributed by atoms with Crippen LogP contribution >= 0.6 is 11.6 Å². The number of benzene rings is 3. The molecule has 3 aromatic rings. The number of carbonyl (C=O) groups is 1. The molecule has 0 aliphatic carbocycles. The highest BCUT2D eigenvalue weighted by molar-refractivity contribution is 7.89. The Balaban J connectivity index is 1.69. The molecule has 32 heavy (non-hydrogen) atoms. The van der Waals surface area contributed by atoms with Gasteiger partial charge in [0.05, 0.1) is 10.5 Å². The van der Waals surface area contributed by atoms with Crippen molar-refractivity contribution in [1.82, 2.24) is 10.0 Å². The number of carbonyl (C=O) groups excluding carboxylic acids is 1. The Morgan fingerprint density at radius 2 is 1.59 bits per heavy atom. The molecule has 0 saturated carbocycles. The van der Waals surface area contributed by atoms with Gasteiger partial charge in [0.25, 0.3) is 5.91 Å². The number of sulfonamides is 1. The summed E-state index contributed by atoms with van der Waals surface area (Å²) in [5.41, 5.74) is 4.99. The predicted molar refractivity (Wildman–Crippen MR) is 129 cm³/mol. The molecule has 7 heteroatoms. The Kier molecular flexibility index (Phi) is 6.46. The van der Waals surface area contributed by atoms with Crippen LogP contribution < -0.4 is 10.0 Å². The lowest BCUT2D eigenvalue weighted by Crippen LogP contribution is -2.24. The van der Waals surface area contributed by atoms with Gasteiger partial charge in [0.1, 0.15) is 0 Å². The van der Waals surface area contributed by atoms with E-state index >= 15 is 0 Å². The van der Waals surface area contributed by atoms with Crippen molar-refractivity contribution >= 4 is 38.7 Å². The topological polar surface area (TPSA) is 75.3 Å². The van der Waals surface area contributed by atoms with Crippen LogP contribution in [0.15, 0.2) is 77.7 Å². The van der Waals surface area contributed by atoms with Gasteiger partial charge in [-0.05, 0) is 64.6 Å². The van der Waals surface area contributed by atoms with Gasteiger partial charge in [-0.2, -0.15) is 0 Å². The lowest BCUT2D eigenvalue weighted by Gasteiger charge is -2.10. The quantitative estimate of drug-likeness (QED) is 0.528. The Labute approximate surface area is 193 Å². The molecule has 3 aromatic carbocycles. The largest absolute Gasteiger partial charge is 0.348 e. The minimum absolute atomic E-state index is 0.124. The second-order valence-corrected chi connectivity index (χ2v) is 9.75. The van der Waals surface area contributed by atoms with Crippen molar-refractivity contribution in [2.45, 2.75) is 18.2 Å². The maximum atomic E-state index is 12.7. The summed E-state index contributed by atoms with van der Waals surface area (Å²) in [5.74, 6) is -0.124. The Morgan fingerprint density at radius 3 is 2.31 bits per heavy atom. The van der Waals surface area contributed by atoms with E-state index in [4.69, 9.17) is 11.6 Å². The zero-order valence-electron chi connectivity index (χ0n) is 17.6. The van der Waals surface area contributed by atoms with Crippen LogP contribution in [0.1, 0.15) is 24.5 Å². The van der Waals surface area contributed by atoms with Gasteiger partial charge >= 0.3 is 0 Å². The molecule has 1 heterocycles. The minimum atomic E-state index is -3.51. The second-order valence-electron chi connectivity index (χ2n) is 7.55. The molecule has 1 aliphatic rings. The van der Waals surface area contributed by atoms with Crippen molar-refractivity contribution < 1.29 is 13.2 Å². The highest BCUT2D eigenvalue weighted by Gasteiger charge is 2.25. The Bertz CT molecular complexity index is 1300. The highest BCUT2D eigenvalue weighted by atomic mass is 35.5. The van der Waals surface area contributed by atoms with Crippen molar-refractivity contribution in [2.24, 2.45) is 0 Å². The monoisotopic (exact) mass is 466 g/mol. The third-order valence-electron chi connectivity index (χ3n) is 5.32. The molecule has 1 aliphatic heterocycles. The first-order valence-corrected chi connectivity index (χ1v) is 12.2. The number of halogens is 1. The third-order valence-corrected chi connectivity index (χ3v) is 7.03. The van der Waals surface area contributed by atoms with Crippen molar-refractivity contribution in [1.29, 1.82) is 0 Å². The van der Waals surface area contributed by atoms with Gasteiger partial charge in [0, 0.05) is 18.1 Å². The molecule has 1 amide bonds. The Morgan fingerprint density at radius 1 is 0.906 bits per heavy atom. The van der Waals surface area contributed by atoms with E-state index in [1.807, 2.05) is 49.4 Å². The molecule has 0 saturated heterocycles. The molecule has 0 radical (unpaired) electrons. The van der Waals surface area contributed by atoms with Crippen LogP contribution in [-0.4, -0.2) is 27.4 Å². The van der Waals surface area contributed by atoms with E-state index in [0.29, 0.717) is 23.7 Å². The second kappa shape index (κ2) is 9.28. The van der Waals surface area contributed by atoms with E-state index < -0.39 is 10.0 Å². The van der Waals surface area contributed by atoms with E-state index in [1.165, 1.54) is 0 Å². The fourth-order valence-electron chi connectivity index (χ4n) is 3.71. The van der Waals surface area contributed by atoms with Crippen LogP contribution in [0.4, 0.5) is 0 Å². The highest BCUT2D eigenvalue weighted by Crippen LogP contribution is 2.33. The van der Waals surface area contributed by atoms with E-state index in [0.717, 1.165) is 34.2 Å². The van der Waals surface area contributed by atoms with Gasteiger partial charge in [-0.15, -0.1) is 0 Å². The number of rotatable bonds is 7. The number of hydrogen-bond acceptors (Lipinski definition) is 3. The van der Waals surface area contributed by atoms with Gasteiger partial charge in [-0.3, -0.25) is 4.79 Å². The summed E-state index contributed by atoms with van der Waals surface area (Å²) in [5, 5.41) is 3.52. The molecule has 0 atom stereocenters. The number of amides is 1. The van der Waals surface area contributed by atoms with Gasteiger partial charge in [0.2, 0.25) is 10.0 Å². The molecular weight excluding hydrogens is 444 g/mol. The average Bonchev–Trinajstić information content (AvgIpc) is 3.19. The SMILES string of the molecule is CCCNS(=O)(=O)c1ccc(-c2cccc(C3=C(c4cccc(Cl)c4)CNC3=O)c2)cc1. The summed E-state index contributed by atoms with van der Waals surface area (Å²) in [6.45, 7) is 2.75. The average molecular weight is 467 g/mol. The summed E-state index contributed by atoms with van der Waals surface area (Å²) in [6.07, 6.45) is 0.727. The van der Waals surface area contributed by atoms with Crippen LogP contribution in [0.3, 0.4) is 0 Å². The molecule has 5 nitrogen and oxygen atoms in total. The first kappa shape index (κ1) is 22.3. The maximum Gasteiger partial charge on any atom is 0.252 e. The summed E-state index contributed by atoms with van der Waals surface area (Å²) in [4.78, 5) is 12.9. The van der Waals surface area contributed by atoms with Crippen molar-refractivity contribution in [3.8, 4) is 11.1 Å². The zero-order valence-corrected chi connectivity index (χ0v) is 19.1. The van der Waals surface area contributed by atoms with Crippen molar-refractivity contribution in [3.63, 3.8) is 0 Å². The molecule has 0 bridgehead atoms. The molecule has 0 unspecified atom stereocenters. The Hall–Kier alpha value is -2.93. The molecule has 0 fully saturated rings. The summed E-state index contributed by atoms with van der Waals surface area (Å²) in [6, 6.07) is 21.9. The van der Waals surface area contributed by atoms with Gasteiger partial charge in [-0.25, -0.2) is 13.1 Å². The molecule has 2 N–H and O–H groups in total. The lowest BCUT2D eigenvalue weighted by atomic mass is 9.94. The van der Waals surface area contributed by atoms with E-state index in [9.17, 15) is 13.2 Å². The first-order valence-electron chi connectivity index (χ1n) is 10.4. The van der Waals surface area contributed by atoms with Crippen molar-refractivity contribution in [2.75, 3.05) is 13.1 Å². The molecule has 164 valence electrons. The number of nitrogens with one attached hydrogen (secondary N) is 2. The smallest absolute Gasteiger partial charge is 0.252 e. The fourth-order valence-corrected chi connectivity index (χ4v) is 5.04. The predicted octanol–water partition coefficient (Wildman–Crippen LogP) is 4.74. The van der Waals surface area contributed by atoms with E-state index in [1.54, 1.807) is 30.3 Å². The summed E-state index contributed by atoms with van der Waals surface area (Å²) >= 11 is 6.16. The third kappa shape index (κ3) is 4.63.